The number of benzene rings is 1. The number of halogens is 4. The Balaban J connectivity index is 1.56. The molecular weight excluding hydrogens is 506 g/mol. The maximum absolute atomic E-state index is 15.3. The number of aliphatic hydroxyl groups is 1. The first-order valence-corrected chi connectivity index (χ1v) is 14.8. The number of hydrogen-bond donors (Lipinski definition) is 1. The third-order valence-corrected chi connectivity index (χ3v) is 7.82. The Hall–Kier alpha value is -2.76. The molecule has 4 rings (SSSR count). The molecule has 1 saturated carbocycles. The Morgan fingerprint density at radius 3 is 2.57 bits per heavy atom. The monoisotopic (exact) mass is 537 g/mol. The van der Waals surface area contributed by atoms with E-state index in [4.69, 9.17) is 9.47 Å². The maximum atomic E-state index is 15.3. The van der Waals surface area contributed by atoms with E-state index in [-0.39, 0.29) is 39.7 Å². The minimum atomic E-state index is -4.66. The molecule has 0 atom stereocenters. The predicted molar refractivity (Wildman–Crippen MR) is 135 cm³/mol. The van der Waals surface area contributed by atoms with Gasteiger partial charge in [-0.2, -0.15) is 13.2 Å². The molecule has 0 amide bonds. The van der Waals surface area contributed by atoms with Crippen molar-refractivity contribution >= 4 is 9.52 Å². The van der Waals surface area contributed by atoms with E-state index in [2.05, 4.69) is 16.5 Å². The first-order chi connectivity index (χ1) is 17.7. The van der Waals surface area contributed by atoms with Gasteiger partial charge in [-0.1, -0.05) is 19.0 Å². The highest BCUT2D eigenvalue weighted by molar-refractivity contribution is 6.33. The van der Waals surface area contributed by atoms with Crippen LogP contribution >= 0.6 is 0 Å². The summed E-state index contributed by atoms with van der Waals surface area (Å²) in [7, 11) is -0.229. The standard InChI is InChI=1S/C26H31F4N3O3Si/c1-17-10-23(36-15-25(14-34)6-3-7-25)31-12-20(17)18-4-5-19(21(27)11-18)24-32-22(26(28,29)30)13-33(24)16-35-8-9-37-2/h4-5,10-13,34H,3,6-9,14-16,37H2,1-2H3. The highest BCUT2D eigenvalue weighted by Crippen LogP contribution is 2.41. The van der Waals surface area contributed by atoms with Gasteiger partial charge < -0.3 is 19.1 Å². The van der Waals surface area contributed by atoms with Crippen molar-refractivity contribution in [3.63, 3.8) is 0 Å². The summed E-state index contributed by atoms with van der Waals surface area (Å²) in [4.78, 5) is 8.02. The van der Waals surface area contributed by atoms with Crippen molar-refractivity contribution in [2.75, 3.05) is 19.8 Å². The third-order valence-electron chi connectivity index (χ3n) is 6.82. The molecule has 200 valence electrons. The largest absolute Gasteiger partial charge is 0.477 e. The minimum Gasteiger partial charge on any atom is -0.477 e. The van der Waals surface area contributed by atoms with Crippen molar-refractivity contribution in [1.82, 2.24) is 14.5 Å². The second-order valence-corrected chi connectivity index (χ2v) is 11.3. The molecule has 0 unspecified atom stereocenters. The molecule has 0 radical (unpaired) electrons. The van der Waals surface area contributed by atoms with Crippen LogP contribution < -0.4 is 4.74 Å². The van der Waals surface area contributed by atoms with Crippen LogP contribution in [0.25, 0.3) is 22.5 Å². The zero-order chi connectivity index (χ0) is 26.6. The van der Waals surface area contributed by atoms with Crippen LogP contribution in [0, 0.1) is 18.2 Å². The number of hydrogen-bond acceptors (Lipinski definition) is 5. The average Bonchev–Trinajstić information content (AvgIpc) is 3.26. The van der Waals surface area contributed by atoms with Crippen LogP contribution in [0.4, 0.5) is 17.6 Å². The van der Waals surface area contributed by atoms with Gasteiger partial charge in [0.15, 0.2) is 5.69 Å². The average molecular weight is 538 g/mol. The van der Waals surface area contributed by atoms with Crippen molar-refractivity contribution in [1.29, 1.82) is 0 Å². The number of aliphatic hydroxyl groups excluding tert-OH is 1. The highest BCUT2D eigenvalue weighted by atomic mass is 28.2. The number of nitrogens with zero attached hydrogens (tertiary/aromatic N) is 3. The SMILES string of the molecule is C[SiH2]CCOCn1cc(C(F)(F)F)nc1-c1ccc(-c2cnc(OCC3(CO)CCC3)cc2C)cc1F. The van der Waals surface area contributed by atoms with Crippen molar-refractivity contribution < 1.29 is 32.1 Å². The van der Waals surface area contributed by atoms with Gasteiger partial charge in [0.25, 0.3) is 0 Å². The second-order valence-electron chi connectivity index (χ2n) is 9.64. The van der Waals surface area contributed by atoms with E-state index in [9.17, 15) is 18.3 Å². The van der Waals surface area contributed by atoms with Crippen molar-refractivity contribution in [3.8, 4) is 28.4 Å². The fraction of sp³-hybridized carbons (Fsp3) is 0.462. The number of rotatable bonds is 11. The van der Waals surface area contributed by atoms with Gasteiger partial charge in [-0.25, -0.2) is 14.4 Å². The van der Waals surface area contributed by atoms with Crippen LogP contribution in [0.15, 0.2) is 36.7 Å². The van der Waals surface area contributed by atoms with Gasteiger partial charge in [-0.05, 0) is 49.1 Å². The summed E-state index contributed by atoms with van der Waals surface area (Å²) in [5.74, 6) is -0.420. The van der Waals surface area contributed by atoms with E-state index < -0.39 is 17.7 Å². The van der Waals surface area contributed by atoms with Crippen LogP contribution in [-0.2, 0) is 17.6 Å². The number of pyridine rings is 1. The van der Waals surface area contributed by atoms with Crippen LogP contribution in [-0.4, -0.2) is 49.0 Å². The number of ether oxygens (including phenoxy) is 2. The maximum Gasteiger partial charge on any atom is 0.434 e. The van der Waals surface area contributed by atoms with Gasteiger partial charge in [0, 0.05) is 45.6 Å². The Bertz CT molecular complexity index is 1220. The lowest BCUT2D eigenvalue weighted by Crippen LogP contribution is -2.39. The number of aromatic nitrogens is 3. The molecular formula is C26H31F4N3O3Si. The summed E-state index contributed by atoms with van der Waals surface area (Å²) in [5.41, 5.74) is 0.658. The van der Waals surface area contributed by atoms with Gasteiger partial charge in [0.2, 0.25) is 5.88 Å². The molecule has 1 aliphatic carbocycles. The van der Waals surface area contributed by atoms with E-state index in [1.54, 1.807) is 18.3 Å². The predicted octanol–water partition coefficient (Wildman–Crippen LogP) is 5.23. The fourth-order valence-electron chi connectivity index (χ4n) is 4.30. The summed E-state index contributed by atoms with van der Waals surface area (Å²) >= 11 is 0. The van der Waals surface area contributed by atoms with Gasteiger partial charge >= 0.3 is 6.18 Å². The number of aryl methyl sites for hydroxylation is 1. The molecule has 0 spiro atoms. The number of alkyl halides is 3. The Labute approximate surface area is 215 Å². The lowest BCUT2D eigenvalue weighted by molar-refractivity contribution is -0.141. The molecule has 3 aromatic rings. The molecule has 0 aliphatic heterocycles. The lowest BCUT2D eigenvalue weighted by Gasteiger charge is -2.39. The smallest absolute Gasteiger partial charge is 0.434 e. The minimum absolute atomic E-state index is 0.0481. The summed E-state index contributed by atoms with van der Waals surface area (Å²) in [6.07, 6.45) is 0.682. The molecule has 1 aromatic carbocycles. The Morgan fingerprint density at radius 2 is 1.97 bits per heavy atom. The zero-order valence-electron chi connectivity index (χ0n) is 20.9. The van der Waals surface area contributed by atoms with E-state index >= 15 is 4.39 Å². The summed E-state index contributed by atoms with van der Waals surface area (Å²) < 4.78 is 67.8. The lowest BCUT2D eigenvalue weighted by atomic mass is 9.70. The topological polar surface area (TPSA) is 69.4 Å². The molecule has 1 fully saturated rings. The van der Waals surface area contributed by atoms with E-state index in [1.165, 1.54) is 16.7 Å². The molecule has 37 heavy (non-hydrogen) atoms. The highest BCUT2D eigenvalue weighted by Gasteiger charge is 2.37. The van der Waals surface area contributed by atoms with E-state index in [1.807, 2.05) is 6.92 Å². The normalized spacial score (nSPS) is 15.3. The number of imidazole rings is 1. The van der Waals surface area contributed by atoms with Gasteiger partial charge in [-0.15, -0.1) is 0 Å². The van der Waals surface area contributed by atoms with Crippen molar-refractivity contribution in [2.24, 2.45) is 5.41 Å². The molecule has 1 N–H and O–H groups in total. The second kappa shape index (κ2) is 11.3. The van der Waals surface area contributed by atoms with Crippen molar-refractivity contribution in [3.05, 3.63) is 53.7 Å². The van der Waals surface area contributed by atoms with Gasteiger partial charge in [0.05, 0.1) is 18.8 Å². The van der Waals surface area contributed by atoms with E-state index in [0.717, 1.165) is 37.1 Å². The first kappa shape index (κ1) is 27.3. The van der Waals surface area contributed by atoms with Crippen LogP contribution in [0.5, 0.6) is 5.88 Å². The molecule has 0 saturated heterocycles. The summed E-state index contributed by atoms with van der Waals surface area (Å²) in [6, 6.07) is 6.98. The molecule has 2 heterocycles. The quantitative estimate of drug-likeness (QED) is 0.206. The Kier molecular flexibility index (Phi) is 8.35. The summed E-state index contributed by atoms with van der Waals surface area (Å²) in [6.45, 7) is 4.72. The molecule has 6 nitrogen and oxygen atoms in total. The van der Waals surface area contributed by atoms with E-state index in [0.29, 0.717) is 30.2 Å². The molecule has 2 aromatic heterocycles. The summed E-state index contributed by atoms with van der Waals surface area (Å²) in [5, 5.41) is 9.61. The van der Waals surface area contributed by atoms with Crippen LogP contribution in [0.1, 0.15) is 30.5 Å². The van der Waals surface area contributed by atoms with Gasteiger partial charge in [0.1, 0.15) is 18.4 Å². The molecule has 0 bridgehead atoms. The third kappa shape index (κ3) is 6.21. The van der Waals surface area contributed by atoms with Crippen molar-refractivity contribution in [2.45, 2.75) is 51.7 Å². The Morgan fingerprint density at radius 1 is 1.19 bits per heavy atom. The van der Waals surface area contributed by atoms with Crippen LogP contribution in [0.2, 0.25) is 12.6 Å². The molecule has 1 aliphatic rings. The van der Waals surface area contributed by atoms with Crippen LogP contribution in [0.3, 0.4) is 0 Å². The van der Waals surface area contributed by atoms with Gasteiger partial charge in [-0.3, -0.25) is 0 Å². The first-order valence-electron chi connectivity index (χ1n) is 12.4. The molecule has 11 heteroatoms. The fourth-order valence-corrected chi connectivity index (χ4v) is 4.80. The zero-order valence-corrected chi connectivity index (χ0v) is 22.4.